The van der Waals surface area contributed by atoms with Crippen LogP contribution in [0, 0.1) is 0 Å². The van der Waals surface area contributed by atoms with Crippen molar-refractivity contribution >= 4 is 0 Å². The van der Waals surface area contributed by atoms with Crippen molar-refractivity contribution in [2.45, 2.75) is 57.0 Å². The van der Waals surface area contributed by atoms with Crippen LogP contribution in [0.1, 0.15) is 44.2 Å². The van der Waals surface area contributed by atoms with E-state index in [0.717, 1.165) is 31.5 Å². The lowest BCUT2D eigenvalue weighted by atomic mass is 9.93. The van der Waals surface area contributed by atoms with Gasteiger partial charge in [0.25, 0.3) is 0 Å². The Kier molecular flexibility index (Phi) is 5.38. The molecule has 3 unspecified atom stereocenters. The lowest BCUT2D eigenvalue weighted by molar-refractivity contribution is -0.137. The average molecular weight is 331 g/mol. The third-order valence-corrected chi connectivity index (χ3v) is 4.44. The van der Waals surface area contributed by atoms with E-state index in [1.165, 1.54) is 12.1 Å². The third kappa shape index (κ3) is 4.68. The Hall–Kier alpha value is -1.11. The van der Waals surface area contributed by atoms with Crippen LogP contribution in [0.2, 0.25) is 0 Å². The Bertz CT molecular complexity index is 529. The highest BCUT2D eigenvalue weighted by atomic mass is 19.4. The third-order valence-electron chi connectivity index (χ3n) is 4.44. The number of nitrogens with zero attached hydrogens (tertiary/aromatic N) is 1. The number of alkyl halides is 3. The van der Waals surface area contributed by atoms with Gasteiger partial charge in [-0.25, -0.2) is 0 Å². The molecule has 3 nitrogen and oxygen atoms in total. The first-order valence-corrected chi connectivity index (χ1v) is 7.92. The minimum absolute atomic E-state index is 0.160. The maximum atomic E-state index is 12.8. The summed E-state index contributed by atoms with van der Waals surface area (Å²) in [5, 5.41) is 20.3. The van der Waals surface area contributed by atoms with Gasteiger partial charge in [-0.1, -0.05) is 12.1 Å². The molecule has 1 saturated heterocycles. The number of likely N-dealkylation sites (tertiary alicyclic amines) is 1. The average Bonchev–Trinajstić information content (AvgIpc) is 2.84. The second kappa shape index (κ2) is 6.79. The number of halogens is 3. The van der Waals surface area contributed by atoms with Gasteiger partial charge in [-0.05, 0) is 57.4 Å². The molecule has 3 atom stereocenters. The van der Waals surface area contributed by atoms with Crippen molar-refractivity contribution in [3.05, 3.63) is 35.4 Å². The fourth-order valence-corrected chi connectivity index (χ4v) is 3.28. The summed E-state index contributed by atoms with van der Waals surface area (Å²) >= 11 is 0. The molecule has 1 heterocycles. The fourth-order valence-electron chi connectivity index (χ4n) is 3.28. The first-order chi connectivity index (χ1) is 10.6. The Labute approximate surface area is 134 Å². The molecule has 1 aromatic carbocycles. The van der Waals surface area contributed by atoms with Crippen LogP contribution in [-0.4, -0.2) is 40.3 Å². The summed E-state index contributed by atoms with van der Waals surface area (Å²) in [6, 6.07) is 5.02. The van der Waals surface area contributed by atoms with Crippen molar-refractivity contribution in [3.63, 3.8) is 0 Å². The summed E-state index contributed by atoms with van der Waals surface area (Å²) in [4.78, 5) is 2.06. The Morgan fingerprint density at radius 1 is 1.30 bits per heavy atom. The minimum atomic E-state index is -4.42. The first kappa shape index (κ1) is 18.2. The van der Waals surface area contributed by atoms with Crippen LogP contribution in [0.25, 0.3) is 0 Å². The fraction of sp³-hybridized carbons (Fsp3) is 0.647. The smallest absolute Gasteiger partial charge is 0.393 e. The van der Waals surface area contributed by atoms with Crippen molar-refractivity contribution in [2.24, 2.45) is 0 Å². The molecule has 0 aliphatic carbocycles. The summed E-state index contributed by atoms with van der Waals surface area (Å²) in [6.07, 6.45) is -2.34. The Morgan fingerprint density at radius 3 is 2.57 bits per heavy atom. The zero-order valence-electron chi connectivity index (χ0n) is 13.5. The monoisotopic (exact) mass is 331 g/mol. The molecule has 0 aromatic heterocycles. The summed E-state index contributed by atoms with van der Waals surface area (Å²) in [5.74, 6) is 0. The van der Waals surface area contributed by atoms with Crippen molar-refractivity contribution < 1.29 is 23.4 Å². The van der Waals surface area contributed by atoms with Crippen molar-refractivity contribution in [1.82, 2.24) is 4.90 Å². The van der Waals surface area contributed by atoms with Crippen LogP contribution in [0.15, 0.2) is 24.3 Å². The van der Waals surface area contributed by atoms with Gasteiger partial charge in [0, 0.05) is 12.6 Å². The molecule has 1 aliphatic rings. The highest BCUT2D eigenvalue weighted by Gasteiger charge is 2.35. The van der Waals surface area contributed by atoms with E-state index in [1.807, 2.05) is 0 Å². The quantitative estimate of drug-likeness (QED) is 0.871. The van der Waals surface area contributed by atoms with Crippen LogP contribution < -0.4 is 0 Å². The van der Waals surface area contributed by atoms with E-state index in [9.17, 15) is 23.4 Å². The van der Waals surface area contributed by atoms with E-state index in [2.05, 4.69) is 4.90 Å². The number of benzene rings is 1. The summed E-state index contributed by atoms with van der Waals surface area (Å²) in [6.45, 7) is 4.31. The van der Waals surface area contributed by atoms with Crippen molar-refractivity contribution in [1.29, 1.82) is 0 Å². The predicted octanol–water partition coefficient (Wildman–Crippen LogP) is 3.15. The molecule has 2 rings (SSSR count). The van der Waals surface area contributed by atoms with Crippen LogP contribution in [0.3, 0.4) is 0 Å². The normalized spacial score (nSPS) is 23.7. The zero-order chi connectivity index (χ0) is 17.3. The van der Waals surface area contributed by atoms with Gasteiger partial charge in [0.2, 0.25) is 0 Å². The number of β-amino-alcohol motifs (C(OH)–C–C–N with tert-alkyl or cyclic N) is 1. The maximum Gasteiger partial charge on any atom is 0.416 e. The van der Waals surface area contributed by atoms with Gasteiger partial charge in [0.15, 0.2) is 0 Å². The Balaban J connectivity index is 2.15. The number of hydrogen-bond donors (Lipinski definition) is 2. The number of hydrogen-bond acceptors (Lipinski definition) is 3. The van der Waals surface area contributed by atoms with Crippen LogP contribution in [0.5, 0.6) is 0 Å². The second-order valence-corrected chi connectivity index (χ2v) is 6.70. The molecule has 23 heavy (non-hydrogen) atoms. The van der Waals surface area contributed by atoms with Gasteiger partial charge in [0.1, 0.15) is 0 Å². The molecular weight excluding hydrogens is 307 g/mol. The molecule has 1 aliphatic heterocycles. The van der Waals surface area contributed by atoms with E-state index in [1.54, 1.807) is 13.8 Å². The van der Waals surface area contributed by atoms with E-state index in [0.29, 0.717) is 6.42 Å². The van der Waals surface area contributed by atoms with Crippen LogP contribution in [-0.2, 0) is 11.8 Å². The van der Waals surface area contributed by atoms with E-state index >= 15 is 0 Å². The highest BCUT2D eigenvalue weighted by molar-refractivity contribution is 5.30. The summed E-state index contributed by atoms with van der Waals surface area (Å²) in [5.41, 5.74) is -1.87. The molecule has 0 amide bonds. The van der Waals surface area contributed by atoms with E-state index in [-0.39, 0.29) is 18.2 Å². The SMILES string of the molecule is CC(O)CC1CCCN1CC(C)(O)c1cccc(C(F)(F)F)c1. The molecule has 130 valence electrons. The minimum Gasteiger partial charge on any atom is -0.393 e. The van der Waals surface area contributed by atoms with Crippen LogP contribution in [0.4, 0.5) is 13.2 Å². The van der Waals surface area contributed by atoms with E-state index < -0.39 is 23.4 Å². The molecule has 0 bridgehead atoms. The topological polar surface area (TPSA) is 43.7 Å². The van der Waals surface area contributed by atoms with Gasteiger partial charge in [-0.15, -0.1) is 0 Å². The van der Waals surface area contributed by atoms with Gasteiger partial charge < -0.3 is 10.2 Å². The lowest BCUT2D eigenvalue weighted by Gasteiger charge is -2.33. The molecular formula is C17H24F3NO2. The molecule has 1 fully saturated rings. The number of rotatable bonds is 5. The first-order valence-electron chi connectivity index (χ1n) is 7.92. The number of aliphatic hydroxyl groups is 2. The van der Waals surface area contributed by atoms with Gasteiger partial charge >= 0.3 is 6.18 Å². The standard InChI is InChI=1S/C17H24F3NO2/c1-12(22)9-15-7-4-8-21(15)11-16(2,23)13-5-3-6-14(10-13)17(18,19)20/h3,5-6,10,12,15,22-23H,4,7-9,11H2,1-2H3. The largest absolute Gasteiger partial charge is 0.416 e. The molecule has 6 heteroatoms. The molecule has 0 saturated carbocycles. The molecule has 0 spiro atoms. The number of aliphatic hydroxyl groups excluding tert-OH is 1. The molecule has 2 N–H and O–H groups in total. The van der Waals surface area contributed by atoms with Gasteiger partial charge in [-0.2, -0.15) is 13.2 Å². The van der Waals surface area contributed by atoms with E-state index in [4.69, 9.17) is 0 Å². The lowest BCUT2D eigenvalue weighted by Crippen LogP contribution is -2.42. The van der Waals surface area contributed by atoms with Crippen LogP contribution >= 0.6 is 0 Å². The summed E-state index contributed by atoms with van der Waals surface area (Å²) < 4.78 is 38.5. The maximum absolute atomic E-state index is 12.8. The predicted molar refractivity (Wildman–Crippen MR) is 81.9 cm³/mol. The molecule has 1 aromatic rings. The van der Waals surface area contributed by atoms with Gasteiger partial charge in [-0.3, -0.25) is 4.90 Å². The Morgan fingerprint density at radius 2 is 1.96 bits per heavy atom. The highest BCUT2D eigenvalue weighted by Crippen LogP contribution is 2.33. The summed E-state index contributed by atoms with van der Waals surface area (Å²) in [7, 11) is 0. The molecule has 0 radical (unpaired) electrons. The van der Waals surface area contributed by atoms with Gasteiger partial charge in [0.05, 0.1) is 17.3 Å². The van der Waals surface area contributed by atoms with Crippen molar-refractivity contribution in [3.8, 4) is 0 Å². The second-order valence-electron chi connectivity index (χ2n) is 6.70. The zero-order valence-corrected chi connectivity index (χ0v) is 13.5. The van der Waals surface area contributed by atoms with Crippen molar-refractivity contribution in [2.75, 3.05) is 13.1 Å².